The molecule has 0 unspecified atom stereocenters. The average molecular weight is 472 g/mol. The molecular formula is C24H14BrN3O3. The van der Waals surface area contributed by atoms with Gasteiger partial charge in [0.15, 0.2) is 0 Å². The van der Waals surface area contributed by atoms with Crippen LogP contribution in [0.5, 0.6) is 0 Å². The Hall–Kier alpha value is -3.84. The summed E-state index contributed by atoms with van der Waals surface area (Å²) in [6.07, 6.45) is 1.64. The third kappa shape index (κ3) is 3.29. The first-order valence-electron chi connectivity index (χ1n) is 9.46. The molecule has 1 aromatic heterocycles. The van der Waals surface area contributed by atoms with Gasteiger partial charge in [-0.15, -0.1) is 0 Å². The smallest absolute Gasteiger partial charge is 0.266 e. The second-order valence-electron chi connectivity index (χ2n) is 7.01. The summed E-state index contributed by atoms with van der Waals surface area (Å²) in [6, 6.07) is 20.5. The van der Waals surface area contributed by atoms with Crippen LogP contribution in [-0.4, -0.2) is 22.7 Å². The number of carbonyl (C=O) groups is 3. The number of amides is 3. The van der Waals surface area contributed by atoms with Crippen molar-refractivity contribution >= 4 is 55.9 Å². The van der Waals surface area contributed by atoms with E-state index >= 15 is 0 Å². The summed E-state index contributed by atoms with van der Waals surface area (Å²) in [4.78, 5) is 43.5. The SMILES string of the molecule is O=C(Nc1ccnc2ccc(Br)cc12)c1ccc(N2C(=O)c3ccccc3C2=O)cc1. The lowest BCUT2D eigenvalue weighted by Crippen LogP contribution is -2.29. The van der Waals surface area contributed by atoms with E-state index in [4.69, 9.17) is 0 Å². The van der Waals surface area contributed by atoms with Crippen LogP contribution in [0, 0.1) is 0 Å². The molecule has 3 amide bonds. The fourth-order valence-corrected chi connectivity index (χ4v) is 3.97. The zero-order valence-electron chi connectivity index (χ0n) is 16.0. The van der Waals surface area contributed by atoms with Gasteiger partial charge in [-0.1, -0.05) is 28.1 Å². The standard InChI is InChI=1S/C24H14BrN3O3/c25-15-7-10-20-19(13-15)21(11-12-26-20)27-22(29)14-5-8-16(9-6-14)28-23(30)17-3-1-2-4-18(17)24(28)31/h1-13H,(H,26,27,29). The number of pyridine rings is 1. The maximum Gasteiger partial charge on any atom is 0.266 e. The summed E-state index contributed by atoms with van der Waals surface area (Å²) in [5.74, 6) is -1.04. The largest absolute Gasteiger partial charge is 0.321 e. The van der Waals surface area contributed by atoms with E-state index in [0.29, 0.717) is 28.1 Å². The number of rotatable bonds is 3. The van der Waals surface area contributed by atoms with Gasteiger partial charge < -0.3 is 5.32 Å². The Balaban J connectivity index is 1.40. The third-order valence-electron chi connectivity index (χ3n) is 5.13. The minimum absolute atomic E-state index is 0.304. The number of halogens is 1. The average Bonchev–Trinajstić information content (AvgIpc) is 3.04. The number of benzene rings is 3. The Morgan fingerprint density at radius 2 is 1.55 bits per heavy atom. The molecule has 0 saturated heterocycles. The fraction of sp³-hybridized carbons (Fsp3) is 0. The van der Waals surface area contributed by atoms with Crippen molar-refractivity contribution in [1.82, 2.24) is 4.98 Å². The zero-order chi connectivity index (χ0) is 21.5. The van der Waals surface area contributed by atoms with Crippen LogP contribution in [0.3, 0.4) is 0 Å². The summed E-state index contributed by atoms with van der Waals surface area (Å²) in [6.45, 7) is 0. The molecule has 4 aromatic rings. The number of anilines is 2. The highest BCUT2D eigenvalue weighted by Crippen LogP contribution is 2.29. The van der Waals surface area contributed by atoms with Crippen LogP contribution < -0.4 is 10.2 Å². The minimum atomic E-state index is -0.369. The van der Waals surface area contributed by atoms with E-state index in [1.165, 1.54) is 0 Å². The summed E-state index contributed by atoms with van der Waals surface area (Å²) < 4.78 is 0.883. The Labute approximate surface area is 185 Å². The third-order valence-corrected chi connectivity index (χ3v) is 5.63. The van der Waals surface area contributed by atoms with Gasteiger partial charge in [0.25, 0.3) is 17.7 Å². The predicted molar refractivity (Wildman–Crippen MR) is 121 cm³/mol. The minimum Gasteiger partial charge on any atom is -0.321 e. The molecule has 1 aliphatic rings. The number of hydrogen-bond acceptors (Lipinski definition) is 4. The first kappa shape index (κ1) is 19.1. The number of hydrogen-bond donors (Lipinski definition) is 1. The van der Waals surface area contributed by atoms with Gasteiger partial charge in [0.1, 0.15) is 0 Å². The van der Waals surface area contributed by atoms with Crippen molar-refractivity contribution in [1.29, 1.82) is 0 Å². The lowest BCUT2D eigenvalue weighted by molar-refractivity contribution is 0.0925. The molecule has 0 spiro atoms. The molecule has 0 atom stereocenters. The van der Waals surface area contributed by atoms with E-state index in [9.17, 15) is 14.4 Å². The molecule has 0 aliphatic carbocycles. The monoisotopic (exact) mass is 471 g/mol. The molecule has 5 rings (SSSR count). The van der Waals surface area contributed by atoms with E-state index in [0.717, 1.165) is 20.3 Å². The van der Waals surface area contributed by atoms with Crippen molar-refractivity contribution in [3.8, 4) is 0 Å². The first-order chi connectivity index (χ1) is 15.0. The highest BCUT2D eigenvalue weighted by molar-refractivity contribution is 9.10. The quantitative estimate of drug-likeness (QED) is 0.424. The lowest BCUT2D eigenvalue weighted by Gasteiger charge is -2.14. The molecule has 150 valence electrons. The number of fused-ring (bicyclic) bond motifs is 2. The van der Waals surface area contributed by atoms with Crippen molar-refractivity contribution in [2.45, 2.75) is 0 Å². The lowest BCUT2D eigenvalue weighted by atomic mass is 10.1. The molecule has 0 bridgehead atoms. The van der Waals surface area contributed by atoms with Crippen LogP contribution in [0.15, 0.2) is 83.5 Å². The van der Waals surface area contributed by atoms with E-state index in [1.54, 1.807) is 60.8 Å². The summed E-state index contributed by atoms with van der Waals surface area (Å²) in [5.41, 5.74) is 2.99. The van der Waals surface area contributed by atoms with Crippen LogP contribution in [0.4, 0.5) is 11.4 Å². The number of aromatic nitrogens is 1. The molecule has 31 heavy (non-hydrogen) atoms. The zero-order valence-corrected chi connectivity index (χ0v) is 17.6. The van der Waals surface area contributed by atoms with Gasteiger partial charge in [-0.25, -0.2) is 4.90 Å². The number of imide groups is 1. The molecule has 6 nitrogen and oxygen atoms in total. The van der Waals surface area contributed by atoms with E-state index < -0.39 is 0 Å². The molecule has 0 fully saturated rings. The number of nitrogens with one attached hydrogen (secondary N) is 1. The second kappa shape index (κ2) is 7.45. The van der Waals surface area contributed by atoms with Gasteiger partial charge in [0.05, 0.1) is 28.0 Å². The van der Waals surface area contributed by atoms with Crippen LogP contribution in [0.2, 0.25) is 0 Å². The van der Waals surface area contributed by atoms with Crippen molar-refractivity contribution in [2.75, 3.05) is 10.2 Å². The van der Waals surface area contributed by atoms with E-state index in [2.05, 4.69) is 26.2 Å². The Morgan fingerprint density at radius 3 is 2.23 bits per heavy atom. The van der Waals surface area contributed by atoms with Crippen molar-refractivity contribution in [2.24, 2.45) is 0 Å². The van der Waals surface area contributed by atoms with Gasteiger partial charge in [0, 0.05) is 21.6 Å². The Morgan fingerprint density at radius 1 is 0.871 bits per heavy atom. The molecule has 2 heterocycles. The Bertz CT molecular complexity index is 1350. The van der Waals surface area contributed by atoms with Crippen molar-refractivity contribution < 1.29 is 14.4 Å². The van der Waals surface area contributed by atoms with Crippen molar-refractivity contribution in [3.63, 3.8) is 0 Å². The highest BCUT2D eigenvalue weighted by Gasteiger charge is 2.36. The summed E-state index contributed by atoms with van der Waals surface area (Å²) in [5, 5.41) is 3.71. The molecule has 1 N–H and O–H groups in total. The van der Waals surface area contributed by atoms with Gasteiger partial charge >= 0.3 is 0 Å². The number of nitrogens with zero attached hydrogens (tertiary/aromatic N) is 2. The molecule has 1 aliphatic heterocycles. The number of carbonyl (C=O) groups excluding carboxylic acids is 3. The van der Waals surface area contributed by atoms with E-state index in [1.807, 2.05) is 18.2 Å². The maximum atomic E-state index is 12.8. The molecule has 0 radical (unpaired) electrons. The first-order valence-corrected chi connectivity index (χ1v) is 10.3. The highest BCUT2D eigenvalue weighted by atomic mass is 79.9. The molecule has 7 heteroatoms. The van der Waals surface area contributed by atoms with E-state index in [-0.39, 0.29) is 17.7 Å². The summed E-state index contributed by atoms with van der Waals surface area (Å²) >= 11 is 3.44. The summed E-state index contributed by atoms with van der Waals surface area (Å²) in [7, 11) is 0. The molecule has 3 aromatic carbocycles. The predicted octanol–water partition coefficient (Wildman–Crippen LogP) is 5.05. The topological polar surface area (TPSA) is 79.4 Å². The second-order valence-corrected chi connectivity index (χ2v) is 7.93. The van der Waals surface area contributed by atoms with Gasteiger partial charge in [0.2, 0.25) is 0 Å². The molecular weight excluding hydrogens is 458 g/mol. The van der Waals surface area contributed by atoms with Crippen LogP contribution in [0.1, 0.15) is 31.1 Å². The Kier molecular flexibility index (Phi) is 4.60. The fourth-order valence-electron chi connectivity index (χ4n) is 3.61. The van der Waals surface area contributed by atoms with Gasteiger partial charge in [-0.2, -0.15) is 0 Å². The van der Waals surface area contributed by atoms with Crippen LogP contribution >= 0.6 is 15.9 Å². The molecule has 0 saturated carbocycles. The van der Waals surface area contributed by atoms with Gasteiger partial charge in [-0.3, -0.25) is 19.4 Å². The van der Waals surface area contributed by atoms with Crippen molar-refractivity contribution in [3.05, 3.63) is 100 Å². The normalized spacial score (nSPS) is 12.9. The van der Waals surface area contributed by atoms with Crippen LogP contribution in [0.25, 0.3) is 10.9 Å². The van der Waals surface area contributed by atoms with Crippen LogP contribution in [-0.2, 0) is 0 Å². The maximum absolute atomic E-state index is 12.8. The van der Waals surface area contributed by atoms with Gasteiger partial charge in [-0.05, 0) is 60.7 Å².